The molecule has 1 rings (SSSR count). The van der Waals surface area contributed by atoms with Gasteiger partial charge in [-0.25, -0.2) is 0 Å². The predicted octanol–water partition coefficient (Wildman–Crippen LogP) is 2.51. The number of hydrogen-bond acceptors (Lipinski definition) is 3. The molecule has 0 atom stereocenters. The van der Waals surface area contributed by atoms with Gasteiger partial charge in [-0.15, -0.1) is 0 Å². The van der Waals surface area contributed by atoms with Gasteiger partial charge in [0.1, 0.15) is 0 Å². The predicted molar refractivity (Wildman–Crippen MR) is 75.6 cm³/mol. The minimum atomic E-state index is -0.899. The van der Waals surface area contributed by atoms with E-state index in [0.29, 0.717) is 0 Å². The number of benzene rings is 1. The molecule has 0 aliphatic rings. The third-order valence-corrected chi connectivity index (χ3v) is 3.27. The first kappa shape index (κ1) is 15.5. The van der Waals surface area contributed by atoms with Crippen LogP contribution in [-0.4, -0.2) is 35.2 Å². The second-order valence-corrected chi connectivity index (χ2v) is 5.08. The Hall–Kier alpha value is -1.56. The highest BCUT2D eigenvalue weighted by Crippen LogP contribution is 2.27. The summed E-state index contributed by atoms with van der Waals surface area (Å²) in [5.41, 5.74) is 1.89. The summed E-state index contributed by atoms with van der Waals surface area (Å²) >= 11 is 3.43. The topological polar surface area (TPSA) is 77.8 Å². The maximum absolute atomic E-state index is 10.7. The van der Waals surface area contributed by atoms with E-state index in [1.807, 2.05) is 25.1 Å². The maximum Gasteiger partial charge on any atom is 0.305 e. The van der Waals surface area contributed by atoms with Gasteiger partial charge in [0.05, 0.1) is 18.5 Å². The Labute approximate surface area is 120 Å². The van der Waals surface area contributed by atoms with Crippen LogP contribution < -0.4 is 4.90 Å². The third kappa shape index (κ3) is 5.30. The van der Waals surface area contributed by atoms with Gasteiger partial charge in [0.25, 0.3) is 0 Å². The summed E-state index contributed by atoms with van der Waals surface area (Å²) < 4.78 is 0.836. The lowest BCUT2D eigenvalue weighted by molar-refractivity contribution is -0.137. The number of halogens is 1. The molecule has 0 unspecified atom stereocenters. The summed E-state index contributed by atoms with van der Waals surface area (Å²) in [5, 5.41) is 17.5. The highest BCUT2D eigenvalue weighted by Gasteiger charge is 2.13. The molecule has 19 heavy (non-hydrogen) atoms. The monoisotopic (exact) mass is 329 g/mol. The minimum Gasteiger partial charge on any atom is -0.481 e. The largest absolute Gasteiger partial charge is 0.481 e. The van der Waals surface area contributed by atoms with Crippen molar-refractivity contribution in [2.75, 3.05) is 18.0 Å². The first-order valence-electron chi connectivity index (χ1n) is 5.85. The van der Waals surface area contributed by atoms with Gasteiger partial charge in [-0.3, -0.25) is 9.59 Å². The molecule has 0 saturated carbocycles. The highest BCUT2D eigenvalue weighted by atomic mass is 79.9. The van der Waals surface area contributed by atoms with Crippen molar-refractivity contribution in [3.05, 3.63) is 28.2 Å². The van der Waals surface area contributed by atoms with Crippen LogP contribution in [0.3, 0.4) is 0 Å². The Balaban J connectivity index is 2.86. The maximum atomic E-state index is 10.7. The number of carboxylic acid groups (broad SMARTS) is 2. The Morgan fingerprint density at radius 3 is 2.11 bits per heavy atom. The first-order chi connectivity index (χ1) is 8.90. The lowest BCUT2D eigenvalue weighted by Crippen LogP contribution is -2.29. The lowest BCUT2D eigenvalue weighted by atomic mass is 10.2. The number of hydrogen-bond donors (Lipinski definition) is 2. The van der Waals surface area contributed by atoms with Gasteiger partial charge >= 0.3 is 11.9 Å². The van der Waals surface area contributed by atoms with Crippen molar-refractivity contribution in [3.8, 4) is 0 Å². The van der Waals surface area contributed by atoms with E-state index in [9.17, 15) is 9.59 Å². The first-order valence-corrected chi connectivity index (χ1v) is 6.64. The number of carboxylic acids is 2. The van der Waals surface area contributed by atoms with Crippen LogP contribution in [0.4, 0.5) is 5.69 Å². The zero-order valence-corrected chi connectivity index (χ0v) is 12.2. The van der Waals surface area contributed by atoms with Crippen LogP contribution in [0.25, 0.3) is 0 Å². The Morgan fingerprint density at radius 2 is 1.68 bits per heavy atom. The molecule has 0 heterocycles. The smallest absolute Gasteiger partial charge is 0.305 e. The fourth-order valence-corrected chi connectivity index (χ4v) is 2.43. The Kier molecular flexibility index (Phi) is 5.82. The van der Waals surface area contributed by atoms with Crippen LogP contribution in [0.5, 0.6) is 0 Å². The summed E-state index contributed by atoms with van der Waals surface area (Å²) in [5.74, 6) is -1.80. The molecule has 1 aromatic carbocycles. The standard InChI is InChI=1S/C13H16BrNO4/c1-9-2-3-11(10(14)8-9)15(6-4-12(16)17)7-5-13(18)19/h2-3,8H,4-7H2,1H3,(H,16,17)(H,18,19). The van der Waals surface area contributed by atoms with E-state index in [2.05, 4.69) is 15.9 Å². The molecule has 0 radical (unpaired) electrons. The van der Waals surface area contributed by atoms with E-state index in [1.165, 1.54) is 0 Å². The molecule has 1 aromatic rings. The van der Waals surface area contributed by atoms with Crippen molar-refractivity contribution < 1.29 is 19.8 Å². The molecular formula is C13H16BrNO4. The summed E-state index contributed by atoms with van der Waals surface area (Å²) in [6, 6.07) is 5.70. The Morgan fingerprint density at radius 1 is 1.16 bits per heavy atom. The molecule has 0 fully saturated rings. The van der Waals surface area contributed by atoms with Gasteiger partial charge in [-0.05, 0) is 40.5 Å². The summed E-state index contributed by atoms with van der Waals surface area (Å²) in [6.45, 7) is 2.52. The van der Waals surface area contributed by atoms with Crippen LogP contribution in [-0.2, 0) is 9.59 Å². The molecule has 0 amide bonds. The molecule has 0 aliphatic heterocycles. The molecule has 0 bridgehead atoms. The summed E-state index contributed by atoms with van der Waals surface area (Å²) in [4.78, 5) is 23.1. The Bertz CT molecular complexity index is 458. The van der Waals surface area contributed by atoms with Gasteiger partial charge < -0.3 is 15.1 Å². The average molecular weight is 330 g/mol. The van der Waals surface area contributed by atoms with Crippen LogP contribution >= 0.6 is 15.9 Å². The SMILES string of the molecule is Cc1ccc(N(CCC(=O)O)CCC(=O)O)c(Br)c1. The number of anilines is 1. The van der Waals surface area contributed by atoms with Crippen LogP contribution in [0, 0.1) is 6.92 Å². The van der Waals surface area contributed by atoms with E-state index >= 15 is 0 Å². The van der Waals surface area contributed by atoms with Crippen LogP contribution in [0.2, 0.25) is 0 Å². The van der Waals surface area contributed by atoms with Crippen molar-refractivity contribution in [2.45, 2.75) is 19.8 Å². The molecule has 2 N–H and O–H groups in total. The number of rotatable bonds is 7. The second kappa shape index (κ2) is 7.13. The van der Waals surface area contributed by atoms with Crippen molar-refractivity contribution in [1.82, 2.24) is 0 Å². The van der Waals surface area contributed by atoms with Crippen molar-refractivity contribution in [1.29, 1.82) is 0 Å². The van der Waals surface area contributed by atoms with Crippen LogP contribution in [0.15, 0.2) is 22.7 Å². The van der Waals surface area contributed by atoms with Gasteiger partial charge in [0.15, 0.2) is 0 Å². The molecule has 0 aromatic heterocycles. The van der Waals surface area contributed by atoms with Gasteiger partial charge in [0, 0.05) is 17.6 Å². The molecule has 0 saturated heterocycles. The number of aliphatic carboxylic acids is 2. The summed E-state index contributed by atoms with van der Waals surface area (Å²) in [7, 11) is 0. The molecule has 0 aliphatic carbocycles. The number of nitrogens with zero attached hydrogens (tertiary/aromatic N) is 1. The van der Waals surface area contributed by atoms with Crippen molar-refractivity contribution in [3.63, 3.8) is 0 Å². The second-order valence-electron chi connectivity index (χ2n) is 4.23. The fourth-order valence-electron chi connectivity index (χ4n) is 1.68. The molecule has 104 valence electrons. The fraction of sp³-hybridized carbons (Fsp3) is 0.385. The minimum absolute atomic E-state index is 0.0278. The van der Waals surface area contributed by atoms with E-state index in [4.69, 9.17) is 10.2 Å². The zero-order chi connectivity index (χ0) is 14.4. The van der Waals surface area contributed by atoms with Gasteiger partial charge in [-0.2, -0.15) is 0 Å². The van der Waals surface area contributed by atoms with E-state index in [0.717, 1.165) is 15.7 Å². The van der Waals surface area contributed by atoms with E-state index in [1.54, 1.807) is 4.90 Å². The quantitative estimate of drug-likeness (QED) is 0.803. The molecule has 5 nitrogen and oxygen atoms in total. The lowest BCUT2D eigenvalue weighted by Gasteiger charge is -2.25. The van der Waals surface area contributed by atoms with Crippen LogP contribution in [0.1, 0.15) is 18.4 Å². The highest BCUT2D eigenvalue weighted by molar-refractivity contribution is 9.10. The zero-order valence-electron chi connectivity index (χ0n) is 10.6. The summed E-state index contributed by atoms with van der Waals surface area (Å²) in [6.07, 6.45) is -0.0557. The number of aryl methyl sites for hydroxylation is 1. The van der Waals surface area contributed by atoms with E-state index < -0.39 is 11.9 Å². The average Bonchev–Trinajstić information content (AvgIpc) is 2.30. The molecule has 0 spiro atoms. The molecular weight excluding hydrogens is 314 g/mol. The van der Waals surface area contributed by atoms with Gasteiger partial charge in [-0.1, -0.05) is 6.07 Å². The molecule has 6 heteroatoms. The van der Waals surface area contributed by atoms with E-state index in [-0.39, 0.29) is 25.9 Å². The number of carbonyl (C=O) groups is 2. The normalized spacial score (nSPS) is 10.2. The van der Waals surface area contributed by atoms with Gasteiger partial charge in [0.2, 0.25) is 0 Å². The van der Waals surface area contributed by atoms with Crippen molar-refractivity contribution in [2.24, 2.45) is 0 Å². The van der Waals surface area contributed by atoms with Crippen molar-refractivity contribution >= 4 is 33.6 Å². The third-order valence-electron chi connectivity index (χ3n) is 2.64.